The highest BCUT2D eigenvalue weighted by molar-refractivity contribution is 5.04. The summed E-state index contributed by atoms with van der Waals surface area (Å²) >= 11 is 0. The molecule has 0 radical (unpaired) electrons. The Labute approximate surface area is 70.8 Å². The molecule has 1 unspecified atom stereocenters. The van der Waals surface area contributed by atoms with E-state index in [2.05, 4.69) is 27.5 Å². The van der Waals surface area contributed by atoms with E-state index in [-0.39, 0.29) is 0 Å². The van der Waals surface area contributed by atoms with Crippen LogP contribution in [0.4, 0.5) is 0 Å². The van der Waals surface area contributed by atoms with Gasteiger partial charge in [0.05, 0.1) is 6.04 Å². The smallest absolute Gasteiger partial charge is 0.149 e. The number of aromatic nitrogens is 2. The normalized spacial score (nSPS) is 23.1. The van der Waals surface area contributed by atoms with E-state index in [1.807, 2.05) is 7.05 Å². The summed E-state index contributed by atoms with van der Waals surface area (Å²) in [5.74, 6) is 0. The van der Waals surface area contributed by atoms with Gasteiger partial charge in [-0.3, -0.25) is 0 Å². The van der Waals surface area contributed by atoms with E-state index in [4.69, 9.17) is 4.52 Å². The van der Waals surface area contributed by atoms with Crippen molar-refractivity contribution in [2.45, 2.75) is 18.9 Å². The molecule has 0 bridgehead atoms. The first-order valence-electron chi connectivity index (χ1n) is 4.03. The van der Waals surface area contributed by atoms with Crippen LogP contribution < -0.4 is 0 Å². The lowest BCUT2D eigenvalue weighted by Gasteiger charge is -2.27. The molecule has 4 nitrogen and oxygen atoms in total. The van der Waals surface area contributed by atoms with Crippen LogP contribution in [-0.4, -0.2) is 22.3 Å². The second-order valence-electron chi connectivity index (χ2n) is 2.97. The van der Waals surface area contributed by atoms with Crippen molar-refractivity contribution in [1.82, 2.24) is 15.3 Å². The first-order chi connectivity index (χ1) is 5.88. The molecular weight excluding hydrogens is 154 g/mol. The highest BCUT2D eigenvalue weighted by Gasteiger charge is 2.19. The van der Waals surface area contributed by atoms with Gasteiger partial charge in [-0.15, -0.1) is 5.10 Å². The van der Waals surface area contributed by atoms with E-state index in [0.29, 0.717) is 6.04 Å². The summed E-state index contributed by atoms with van der Waals surface area (Å²) in [5, 5.41) is 7.35. The Morgan fingerprint density at radius 3 is 3.25 bits per heavy atom. The maximum atomic E-state index is 4.70. The molecule has 1 aliphatic heterocycles. The second kappa shape index (κ2) is 2.97. The minimum atomic E-state index is 0.334. The molecular formula is C8H11N3O. The van der Waals surface area contributed by atoms with Gasteiger partial charge in [0.25, 0.3) is 0 Å². The molecule has 4 heteroatoms. The zero-order valence-corrected chi connectivity index (χ0v) is 6.97. The molecule has 0 aromatic carbocycles. The van der Waals surface area contributed by atoms with E-state index < -0.39 is 0 Å². The van der Waals surface area contributed by atoms with Crippen LogP contribution in [0.5, 0.6) is 0 Å². The SMILES string of the molecule is CN1C=CCCC1c1conn1. The summed E-state index contributed by atoms with van der Waals surface area (Å²) in [5.41, 5.74) is 0.918. The molecule has 64 valence electrons. The second-order valence-corrected chi connectivity index (χ2v) is 2.97. The van der Waals surface area contributed by atoms with E-state index in [1.165, 1.54) is 0 Å². The molecule has 1 aliphatic rings. The molecule has 0 saturated heterocycles. The van der Waals surface area contributed by atoms with Crippen molar-refractivity contribution in [2.75, 3.05) is 7.05 Å². The zero-order chi connectivity index (χ0) is 8.39. The molecule has 2 rings (SSSR count). The Balaban J connectivity index is 2.19. The van der Waals surface area contributed by atoms with Crippen molar-refractivity contribution in [3.8, 4) is 0 Å². The summed E-state index contributed by atoms with van der Waals surface area (Å²) in [4.78, 5) is 2.13. The third kappa shape index (κ3) is 1.20. The quantitative estimate of drug-likeness (QED) is 0.630. The molecule has 0 saturated carbocycles. The van der Waals surface area contributed by atoms with Crippen LogP contribution in [0.2, 0.25) is 0 Å². The lowest BCUT2D eigenvalue weighted by molar-refractivity contribution is 0.297. The van der Waals surface area contributed by atoms with Gasteiger partial charge in [-0.25, -0.2) is 0 Å². The van der Waals surface area contributed by atoms with Crippen LogP contribution in [0.3, 0.4) is 0 Å². The predicted molar refractivity (Wildman–Crippen MR) is 43.2 cm³/mol. The molecule has 0 amide bonds. The van der Waals surface area contributed by atoms with Gasteiger partial charge < -0.3 is 9.42 Å². The molecule has 1 atom stereocenters. The van der Waals surface area contributed by atoms with Crippen LogP contribution >= 0.6 is 0 Å². The van der Waals surface area contributed by atoms with Crippen molar-refractivity contribution in [2.24, 2.45) is 0 Å². The number of nitrogens with zero attached hydrogens (tertiary/aromatic N) is 3. The van der Waals surface area contributed by atoms with Crippen LogP contribution in [0.1, 0.15) is 24.6 Å². The molecule has 0 aliphatic carbocycles. The van der Waals surface area contributed by atoms with E-state index >= 15 is 0 Å². The number of hydrogen-bond donors (Lipinski definition) is 0. The van der Waals surface area contributed by atoms with Gasteiger partial charge in [0.1, 0.15) is 12.0 Å². The van der Waals surface area contributed by atoms with Crippen LogP contribution in [0.15, 0.2) is 23.1 Å². The van der Waals surface area contributed by atoms with Crippen molar-refractivity contribution in [3.05, 3.63) is 24.2 Å². The highest BCUT2D eigenvalue weighted by atomic mass is 16.5. The average Bonchev–Trinajstić information content (AvgIpc) is 2.57. The van der Waals surface area contributed by atoms with E-state index in [9.17, 15) is 0 Å². The average molecular weight is 165 g/mol. The largest absolute Gasteiger partial charge is 0.372 e. The van der Waals surface area contributed by atoms with Crippen molar-refractivity contribution < 1.29 is 4.52 Å². The first kappa shape index (κ1) is 7.34. The van der Waals surface area contributed by atoms with Crippen molar-refractivity contribution >= 4 is 0 Å². The minimum Gasteiger partial charge on any atom is -0.372 e. The lowest BCUT2D eigenvalue weighted by atomic mass is 10.1. The van der Waals surface area contributed by atoms with Gasteiger partial charge in [-0.1, -0.05) is 6.08 Å². The standard InChI is InChI=1S/C8H11N3O/c1-11-5-3-2-4-8(11)7-6-12-10-9-7/h3,5-6,8H,2,4H2,1H3. The topological polar surface area (TPSA) is 42.2 Å². The van der Waals surface area contributed by atoms with E-state index in [1.54, 1.807) is 6.26 Å². The van der Waals surface area contributed by atoms with Crippen molar-refractivity contribution in [1.29, 1.82) is 0 Å². The summed E-state index contributed by atoms with van der Waals surface area (Å²) in [7, 11) is 2.04. The monoisotopic (exact) mass is 165 g/mol. The Morgan fingerprint density at radius 1 is 1.67 bits per heavy atom. The molecule has 12 heavy (non-hydrogen) atoms. The van der Waals surface area contributed by atoms with Gasteiger partial charge in [0, 0.05) is 12.3 Å². The number of hydrogen-bond acceptors (Lipinski definition) is 4. The highest BCUT2D eigenvalue weighted by Crippen LogP contribution is 2.26. The van der Waals surface area contributed by atoms with Gasteiger partial charge in [0.2, 0.25) is 0 Å². The molecule has 1 aromatic heterocycles. The van der Waals surface area contributed by atoms with Crippen LogP contribution in [0, 0.1) is 0 Å². The van der Waals surface area contributed by atoms with Gasteiger partial charge >= 0.3 is 0 Å². The maximum Gasteiger partial charge on any atom is 0.149 e. The van der Waals surface area contributed by atoms with E-state index in [0.717, 1.165) is 18.5 Å². The van der Waals surface area contributed by atoms with Crippen molar-refractivity contribution in [3.63, 3.8) is 0 Å². The summed E-state index contributed by atoms with van der Waals surface area (Å²) in [6, 6.07) is 0.334. The Morgan fingerprint density at radius 2 is 2.58 bits per heavy atom. The Hall–Kier alpha value is -1.32. The van der Waals surface area contributed by atoms with Gasteiger partial charge in [-0.2, -0.15) is 0 Å². The fraction of sp³-hybridized carbons (Fsp3) is 0.500. The number of allylic oxidation sites excluding steroid dienone is 1. The first-order valence-corrected chi connectivity index (χ1v) is 4.03. The summed E-state index contributed by atoms with van der Waals surface area (Å²) < 4.78 is 4.70. The molecule has 2 heterocycles. The van der Waals surface area contributed by atoms with Crippen LogP contribution in [-0.2, 0) is 0 Å². The Bertz CT molecular complexity index is 268. The summed E-state index contributed by atoms with van der Waals surface area (Å²) in [6.45, 7) is 0. The van der Waals surface area contributed by atoms with Gasteiger partial charge in [-0.05, 0) is 19.0 Å². The zero-order valence-electron chi connectivity index (χ0n) is 6.97. The predicted octanol–water partition coefficient (Wildman–Crippen LogP) is 1.35. The summed E-state index contributed by atoms with van der Waals surface area (Å²) in [6.07, 6.45) is 8.02. The molecule has 0 N–H and O–H groups in total. The third-order valence-corrected chi connectivity index (χ3v) is 2.16. The van der Waals surface area contributed by atoms with Gasteiger partial charge in [0.15, 0.2) is 0 Å². The molecule has 0 fully saturated rings. The number of rotatable bonds is 1. The molecule has 1 aromatic rings. The minimum absolute atomic E-state index is 0.334. The Kier molecular flexibility index (Phi) is 1.81. The lowest BCUT2D eigenvalue weighted by Crippen LogP contribution is -2.21. The third-order valence-electron chi connectivity index (χ3n) is 2.16. The molecule has 0 spiro atoms. The maximum absolute atomic E-state index is 4.70. The fourth-order valence-electron chi connectivity index (χ4n) is 1.48. The fourth-order valence-corrected chi connectivity index (χ4v) is 1.48. The van der Waals surface area contributed by atoms with Crippen LogP contribution in [0.25, 0.3) is 0 Å².